The number of carbonyl (C=O) groups is 1. The maximum Gasteiger partial charge on any atom is 0.269 e. The molecule has 0 saturated heterocycles. The van der Waals surface area contributed by atoms with Crippen molar-refractivity contribution in [3.8, 4) is 0 Å². The predicted octanol–water partition coefficient (Wildman–Crippen LogP) is -0.235. The van der Waals surface area contributed by atoms with Gasteiger partial charge in [0.25, 0.3) is 5.95 Å². The Morgan fingerprint density at radius 3 is 3.00 bits per heavy atom. The second-order valence-electron chi connectivity index (χ2n) is 1.84. The van der Waals surface area contributed by atoms with Crippen LogP contribution >= 0.6 is 11.6 Å². The normalized spacial score (nSPS) is 12.5. The van der Waals surface area contributed by atoms with Gasteiger partial charge >= 0.3 is 0 Å². The molecule has 1 unspecified atom stereocenters. The number of aromatic amines is 1. The van der Waals surface area contributed by atoms with Crippen molar-refractivity contribution in [3.05, 3.63) is 0 Å². The van der Waals surface area contributed by atoms with E-state index in [1.54, 1.807) is 6.92 Å². The van der Waals surface area contributed by atoms with Crippen LogP contribution in [0.5, 0.6) is 0 Å². The van der Waals surface area contributed by atoms with Gasteiger partial charge in [-0.15, -0.1) is 16.7 Å². The first-order valence-electron chi connectivity index (χ1n) is 2.88. The maximum atomic E-state index is 10.8. The Labute approximate surface area is 67.3 Å². The summed E-state index contributed by atoms with van der Waals surface area (Å²) in [6.07, 6.45) is 0. The van der Waals surface area contributed by atoms with Gasteiger partial charge in [-0.25, -0.2) is 0 Å². The zero-order valence-corrected chi connectivity index (χ0v) is 6.46. The van der Waals surface area contributed by atoms with Gasteiger partial charge in [-0.2, -0.15) is 5.21 Å². The largest absolute Gasteiger partial charge is 0.291 e. The van der Waals surface area contributed by atoms with E-state index >= 15 is 0 Å². The summed E-state index contributed by atoms with van der Waals surface area (Å²) in [6.45, 7) is 1.55. The van der Waals surface area contributed by atoms with Crippen LogP contribution in [0.2, 0.25) is 0 Å². The Balaban J connectivity index is 2.50. The lowest BCUT2D eigenvalue weighted by molar-refractivity contribution is -0.115. The summed E-state index contributed by atoms with van der Waals surface area (Å²) in [5, 5.41) is 14.2. The third-order valence-electron chi connectivity index (χ3n) is 0.942. The minimum atomic E-state index is -0.603. The average molecular weight is 176 g/mol. The van der Waals surface area contributed by atoms with Gasteiger partial charge in [0.05, 0.1) is 0 Å². The number of carbonyl (C=O) groups excluding carboxylic acids is 1. The van der Waals surface area contributed by atoms with Gasteiger partial charge in [0, 0.05) is 0 Å². The van der Waals surface area contributed by atoms with Gasteiger partial charge in [-0.05, 0) is 12.1 Å². The summed E-state index contributed by atoms with van der Waals surface area (Å²) in [5.41, 5.74) is 0. The highest BCUT2D eigenvalue weighted by atomic mass is 35.5. The molecule has 2 N–H and O–H groups in total. The van der Waals surface area contributed by atoms with Crippen molar-refractivity contribution in [2.75, 3.05) is 5.32 Å². The molecule has 0 saturated carbocycles. The first-order valence-corrected chi connectivity index (χ1v) is 3.32. The summed E-state index contributed by atoms with van der Waals surface area (Å²) in [4.78, 5) is 10.8. The number of anilines is 1. The third kappa shape index (κ3) is 2.15. The number of nitrogens with zero attached hydrogens (tertiary/aromatic N) is 3. The van der Waals surface area contributed by atoms with Crippen molar-refractivity contribution in [2.45, 2.75) is 12.3 Å². The molecule has 1 heterocycles. The van der Waals surface area contributed by atoms with Crippen LogP contribution in [0.4, 0.5) is 5.95 Å². The summed E-state index contributed by atoms with van der Waals surface area (Å²) < 4.78 is 0. The molecule has 1 aromatic rings. The van der Waals surface area contributed by atoms with E-state index in [1.165, 1.54) is 0 Å². The zero-order valence-electron chi connectivity index (χ0n) is 5.71. The molecule has 1 amide bonds. The van der Waals surface area contributed by atoms with E-state index in [-0.39, 0.29) is 11.9 Å². The molecule has 0 spiro atoms. The Morgan fingerprint density at radius 1 is 1.82 bits per heavy atom. The molecular formula is C4H6ClN5O. The fraction of sp³-hybridized carbons (Fsp3) is 0.500. The summed E-state index contributed by atoms with van der Waals surface area (Å²) in [7, 11) is 0. The van der Waals surface area contributed by atoms with E-state index in [0.717, 1.165) is 0 Å². The van der Waals surface area contributed by atoms with E-state index in [1.807, 2.05) is 0 Å². The number of H-pyrrole nitrogens is 1. The number of amides is 1. The zero-order chi connectivity index (χ0) is 8.27. The van der Waals surface area contributed by atoms with Crippen LogP contribution in [-0.4, -0.2) is 31.9 Å². The van der Waals surface area contributed by atoms with Gasteiger partial charge in [-0.3, -0.25) is 10.1 Å². The lowest BCUT2D eigenvalue weighted by atomic mass is 10.4. The Bertz CT molecular complexity index is 233. The number of tetrazole rings is 1. The van der Waals surface area contributed by atoms with Crippen molar-refractivity contribution in [3.63, 3.8) is 0 Å². The van der Waals surface area contributed by atoms with Gasteiger partial charge in [-0.1, -0.05) is 5.10 Å². The Hall–Kier alpha value is -1.17. The summed E-state index contributed by atoms with van der Waals surface area (Å²) in [5.74, 6) is -0.226. The molecule has 0 aromatic carbocycles. The molecule has 1 aromatic heterocycles. The molecule has 1 atom stereocenters. The molecular weight excluding hydrogens is 170 g/mol. The van der Waals surface area contributed by atoms with Crippen molar-refractivity contribution >= 4 is 23.5 Å². The molecule has 11 heavy (non-hydrogen) atoms. The Morgan fingerprint density at radius 2 is 2.55 bits per heavy atom. The van der Waals surface area contributed by atoms with Crippen molar-refractivity contribution in [1.29, 1.82) is 0 Å². The molecule has 1 rings (SSSR count). The van der Waals surface area contributed by atoms with Crippen molar-refractivity contribution in [2.24, 2.45) is 0 Å². The van der Waals surface area contributed by atoms with E-state index in [2.05, 4.69) is 25.9 Å². The molecule has 0 fully saturated rings. The summed E-state index contributed by atoms with van der Waals surface area (Å²) in [6, 6.07) is 0. The molecule has 7 heteroatoms. The van der Waals surface area contributed by atoms with Crippen LogP contribution in [0.15, 0.2) is 0 Å². The first-order chi connectivity index (χ1) is 5.20. The lowest BCUT2D eigenvalue weighted by Gasteiger charge is -1.99. The second-order valence-corrected chi connectivity index (χ2v) is 2.50. The van der Waals surface area contributed by atoms with Gasteiger partial charge in [0.1, 0.15) is 5.38 Å². The minimum Gasteiger partial charge on any atom is -0.291 e. The van der Waals surface area contributed by atoms with E-state index in [0.29, 0.717) is 0 Å². The highest BCUT2D eigenvalue weighted by molar-refractivity contribution is 6.32. The minimum absolute atomic E-state index is 0.127. The van der Waals surface area contributed by atoms with Crippen molar-refractivity contribution in [1.82, 2.24) is 20.6 Å². The van der Waals surface area contributed by atoms with Crippen molar-refractivity contribution < 1.29 is 4.79 Å². The third-order valence-corrected chi connectivity index (χ3v) is 1.14. The fourth-order valence-electron chi connectivity index (χ4n) is 0.424. The number of alkyl halides is 1. The van der Waals surface area contributed by atoms with Crippen LogP contribution in [0, 0.1) is 0 Å². The number of halogens is 1. The highest BCUT2D eigenvalue weighted by Gasteiger charge is 2.10. The second kappa shape index (κ2) is 3.29. The first kappa shape index (κ1) is 7.93. The van der Waals surface area contributed by atoms with E-state index in [9.17, 15) is 4.79 Å². The lowest BCUT2D eigenvalue weighted by Crippen LogP contribution is -2.21. The van der Waals surface area contributed by atoms with Gasteiger partial charge in [0.2, 0.25) is 5.91 Å². The van der Waals surface area contributed by atoms with Gasteiger partial charge < -0.3 is 0 Å². The predicted molar refractivity (Wildman–Crippen MR) is 38.1 cm³/mol. The molecule has 0 bridgehead atoms. The highest BCUT2D eigenvalue weighted by Crippen LogP contribution is 1.97. The topological polar surface area (TPSA) is 83.6 Å². The number of hydrogen-bond donors (Lipinski definition) is 2. The molecule has 0 aliphatic heterocycles. The monoisotopic (exact) mass is 175 g/mol. The fourth-order valence-corrected chi connectivity index (χ4v) is 0.479. The molecule has 60 valence electrons. The van der Waals surface area contributed by atoms with Crippen LogP contribution in [0.1, 0.15) is 6.92 Å². The van der Waals surface area contributed by atoms with Crippen LogP contribution in [0.25, 0.3) is 0 Å². The summed E-state index contributed by atoms with van der Waals surface area (Å²) >= 11 is 5.45. The van der Waals surface area contributed by atoms with Gasteiger partial charge in [0.15, 0.2) is 0 Å². The number of rotatable bonds is 2. The van der Waals surface area contributed by atoms with E-state index in [4.69, 9.17) is 11.6 Å². The SMILES string of the molecule is CC(Cl)C(=O)Nc1nn[nH]n1. The molecule has 0 radical (unpaired) electrons. The van der Waals surface area contributed by atoms with Crippen LogP contribution in [-0.2, 0) is 4.79 Å². The number of aromatic nitrogens is 4. The number of hydrogen-bond acceptors (Lipinski definition) is 4. The van der Waals surface area contributed by atoms with Crippen LogP contribution in [0.3, 0.4) is 0 Å². The quantitative estimate of drug-likeness (QED) is 0.608. The average Bonchev–Trinajstić information content (AvgIpc) is 2.39. The molecule has 0 aliphatic carbocycles. The Kier molecular flexibility index (Phi) is 2.37. The smallest absolute Gasteiger partial charge is 0.269 e. The van der Waals surface area contributed by atoms with E-state index < -0.39 is 5.38 Å². The number of nitrogens with one attached hydrogen (secondary N) is 2. The molecule has 0 aliphatic rings. The molecule has 6 nitrogen and oxygen atoms in total. The standard InChI is InChI=1S/C4H6ClN5O/c1-2(5)3(11)6-4-7-9-10-8-4/h2H,1H3,(H2,6,7,8,9,10,11). The van der Waals surface area contributed by atoms with Crippen LogP contribution < -0.4 is 5.32 Å². The maximum absolute atomic E-state index is 10.8.